The van der Waals surface area contributed by atoms with E-state index in [1.807, 2.05) is 5.32 Å². The Morgan fingerprint density at radius 1 is 1.20 bits per heavy atom. The van der Waals surface area contributed by atoms with E-state index in [2.05, 4.69) is 4.74 Å². The Labute approximate surface area is 140 Å². The topological polar surface area (TPSA) is 113 Å². The summed E-state index contributed by atoms with van der Waals surface area (Å²) in [4.78, 5) is 34.2. The minimum absolute atomic E-state index is 0.0211. The third-order valence-electron chi connectivity index (χ3n) is 3.09. The summed E-state index contributed by atoms with van der Waals surface area (Å²) in [5.74, 6) is -3.56. The van der Waals surface area contributed by atoms with E-state index in [0.29, 0.717) is 12.1 Å². The van der Waals surface area contributed by atoms with Crippen molar-refractivity contribution in [3.8, 4) is 0 Å². The van der Waals surface area contributed by atoms with E-state index in [9.17, 15) is 32.7 Å². The van der Waals surface area contributed by atoms with Gasteiger partial charge >= 0.3 is 18.1 Å². The number of nitrogens with one attached hydrogen (secondary N) is 1. The molecule has 0 aromatic heterocycles. The van der Waals surface area contributed by atoms with Gasteiger partial charge in [0, 0.05) is 0 Å². The van der Waals surface area contributed by atoms with E-state index < -0.39 is 48.2 Å². The highest BCUT2D eigenvalue weighted by Gasteiger charge is 2.31. The summed E-state index contributed by atoms with van der Waals surface area (Å²) in [6.45, 7) is 1.54. The molecule has 0 spiro atoms. The molecule has 0 aliphatic heterocycles. The molecule has 0 radical (unpaired) electrons. The quantitative estimate of drug-likeness (QED) is 0.629. The van der Waals surface area contributed by atoms with Crippen LogP contribution in [-0.2, 0) is 25.3 Å². The van der Waals surface area contributed by atoms with Crippen molar-refractivity contribution in [3.63, 3.8) is 0 Å². The zero-order valence-corrected chi connectivity index (χ0v) is 13.0. The van der Waals surface area contributed by atoms with Crippen LogP contribution in [0, 0.1) is 0 Å². The van der Waals surface area contributed by atoms with E-state index >= 15 is 0 Å². The van der Waals surface area contributed by atoms with Crippen molar-refractivity contribution < 1.29 is 42.5 Å². The van der Waals surface area contributed by atoms with Crippen LogP contribution in [0.2, 0.25) is 0 Å². The third kappa shape index (κ3) is 6.07. The first-order valence-electron chi connectivity index (χ1n) is 7.10. The van der Waals surface area contributed by atoms with Crippen molar-refractivity contribution in [2.24, 2.45) is 0 Å². The second-order valence-corrected chi connectivity index (χ2v) is 4.93. The molecule has 0 saturated heterocycles. The summed E-state index contributed by atoms with van der Waals surface area (Å²) in [5.41, 5.74) is -1.12. The highest BCUT2D eigenvalue weighted by atomic mass is 19.4. The maximum Gasteiger partial charge on any atom is 0.416 e. The monoisotopic (exact) mass is 363 g/mol. The van der Waals surface area contributed by atoms with Crippen LogP contribution in [0.1, 0.15) is 30.6 Å². The van der Waals surface area contributed by atoms with Crippen molar-refractivity contribution in [2.45, 2.75) is 31.7 Å². The SMILES string of the molecule is CCOC(=O)C[C@H](NC(=O)[C@@H](O)c1ccc(C(F)(F)F)cc1)C(=O)O. The number of carbonyl (C=O) groups excluding carboxylic acids is 2. The van der Waals surface area contributed by atoms with Crippen molar-refractivity contribution in [1.29, 1.82) is 0 Å². The van der Waals surface area contributed by atoms with Crippen LogP contribution < -0.4 is 5.32 Å². The molecule has 0 heterocycles. The van der Waals surface area contributed by atoms with Gasteiger partial charge in [0.05, 0.1) is 18.6 Å². The summed E-state index contributed by atoms with van der Waals surface area (Å²) in [5, 5.41) is 20.8. The maximum absolute atomic E-state index is 12.5. The molecule has 1 aromatic rings. The van der Waals surface area contributed by atoms with E-state index in [4.69, 9.17) is 5.11 Å². The number of aliphatic hydroxyl groups excluding tert-OH is 1. The molecule has 1 aromatic carbocycles. The van der Waals surface area contributed by atoms with Crippen LogP contribution >= 0.6 is 0 Å². The Kier molecular flexibility index (Phi) is 6.92. The van der Waals surface area contributed by atoms with Gasteiger partial charge in [0.15, 0.2) is 6.10 Å². The number of amides is 1. The molecular formula is C15H16F3NO6. The number of carboxylic acids is 1. The van der Waals surface area contributed by atoms with Gasteiger partial charge in [0.2, 0.25) is 0 Å². The fourth-order valence-electron chi connectivity index (χ4n) is 1.84. The molecule has 7 nitrogen and oxygen atoms in total. The minimum atomic E-state index is -4.57. The van der Waals surface area contributed by atoms with Crippen LogP contribution in [0.4, 0.5) is 13.2 Å². The summed E-state index contributed by atoms with van der Waals surface area (Å²) in [6.07, 6.45) is -7.12. The molecule has 10 heteroatoms. The van der Waals surface area contributed by atoms with Gasteiger partial charge in [-0.2, -0.15) is 13.2 Å². The highest BCUT2D eigenvalue weighted by molar-refractivity contribution is 5.89. The third-order valence-corrected chi connectivity index (χ3v) is 3.09. The molecule has 0 aliphatic carbocycles. The van der Waals surface area contributed by atoms with Crippen LogP contribution in [0.5, 0.6) is 0 Å². The first-order chi connectivity index (χ1) is 11.6. The molecule has 1 rings (SSSR count). The number of aliphatic carboxylic acids is 1. The Balaban J connectivity index is 2.80. The number of aliphatic hydroxyl groups is 1. The fraction of sp³-hybridized carbons (Fsp3) is 0.400. The lowest BCUT2D eigenvalue weighted by molar-refractivity contribution is -0.150. The number of carboxylic acid groups (broad SMARTS) is 1. The predicted octanol–water partition coefficient (Wildman–Crippen LogP) is 1.26. The first kappa shape index (κ1) is 20.4. The second kappa shape index (κ2) is 8.47. The van der Waals surface area contributed by atoms with Crippen LogP contribution in [0.15, 0.2) is 24.3 Å². The molecule has 25 heavy (non-hydrogen) atoms. The Morgan fingerprint density at radius 2 is 1.76 bits per heavy atom. The summed E-state index contributed by atoms with van der Waals surface area (Å²) >= 11 is 0. The van der Waals surface area contributed by atoms with Crippen LogP contribution in [0.3, 0.4) is 0 Å². The number of alkyl halides is 3. The average molecular weight is 363 g/mol. The lowest BCUT2D eigenvalue weighted by Crippen LogP contribution is -2.44. The molecule has 0 fully saturated rings. The van der Waals surface area contributed by atoms with Crippen molar-refractivity contribution in [3.05, 3.63) is 35.4 Å². The zero-order valence-electron chi connectivity index (χ0n) is 13.0. The summed E-state index contributed by atoms with van der Waals surface area (Å²) < 4.78 is 42.0. The second-order valence-electron chi connectivity index (χ2n) is 4.93. The molecule has 3 N–H and O–H groups in total. The van der Waals surface area contributed by atoms with Crippen molar-refractivity contribution in [2.75, 3.05) is 6.61 Å². The highest BCUT2D eigenvalue weighted by Crippen LogP contribution is 2.29. The van der Waals surface area contributed by atoms with E-state index in [0.717, 1.165) is 12.1 Å². The minimum Gasteiger partial charge on any atom is -0.480 e. The van der Waals surface area contributed by atoms with Crippen molar-refractivity contribution >= 4 is 17.8 Å². The maximum atomic E-state index is 12.5. The van der Waals surface area contributed by atoms with Gasteiger partial charge in [-0.3, -0.25) is 9.59 Å². The number of hydrogen-bond acceptors (Lipinski definition) is 5. The molecule has 0 saturated carbocycles. The van der Waals surface area contributed by atoms with E-state index in [1.54, 1.807) is 0 Å². The van der Waals surface area contributed by atoms with E-state index in [-0.39, 0.29) is 12.2 Å². The normalized spacial score (nSPS) is 13.6. The van der Waals surface area contributed by atoms with Gasteiger partial charge < -0.3 is 20.3 Å². The number of rotatable bonds is 7. The Bertz CT molecular complexity index is 629. The molecule has 138 valence electrons. The van der Waals surface area contributed by atoms with Gasteiger partial charge in [0.25, 0.3) is 5.91 Å². The van der Waals surface area contributed by atoms with E-state index in [1.165, 1.54) is 6.92 Å². The standard InChI is InChI=1S/C15H16F3NO6/c1-2-25-11(20)7-10(14(23)24)19-13(22)12(21)8-3-5-9(6-4-8)15(16,17)18/h3-6,10,12,21H,2,7H2,1H3,(H,19,22)(H,23,24)/t10-,12-/m0/s1. The summed E-state index contributed by atoms with van der Waals surface area (Å²) in [7, 11) is 0. The Morgan fingerprint density at radius 3 is 2.20 bits per heavy atom. The predicted molar refractivity (Wildman–Crippen MR) is 77.2 cm³/mol. The Hall–Kier alpha value is -2.62. The fourth-order valence-corrected chi connectivity index (χ4v) is 1.84. The molecular weight excluding hydrogens is 347 g/mol. The molecule has 0 aliphatic rings. The van der Waals surface area contributed by atoms with Gasteiger partial charge in [-0.05, 0) is 24.6 Å². The van der Waals surface area contributed by atoms with Gasteiger partial charge in [-0.15, -0.1) is 0 Å². The number of halogens is 3. The average Bonchev–Trinajstić information content (AvgIpc) is 2.52. The van der Waals surface area contributed by atoms with Gasteiger partial charge in [0.1, 0.15) is 6.04 Å². The smallest absolute Gasteiger partial charge is 0.416 e. The van der Waals surface area contributed by atoms with Crippen LogP contribution in [-0.4, -0.2) is 40.7 Å². The van der Waals surface area contributed by atoms with Gasteiger partial charge in [-0.1, -0.05) is 12.1 Å². The van der Waals surface area contributed by atoms with Crippen LogP contribution in [0.25, 0.3) is 0 Å². The number of esters is 1. The first-order valence-corrected chi connectivity index (χ1v) is 7.10. The van der Waals surface area contributed by atoms with Gasteiger partial charge in [-0.25, -0.2) is 4.79 Å². The number of carbonyl (C=O) groups is 3. The number of ether oxygens (including phenoxy) is 1. The molecule has 0 unspecified atom stereocenters. The molecule has 1 amide bonds. The number of hydrogen-bond donors (Lipinski definition) is 3. The van der Waals surface area contributed by atoms with Crippen molar-refractivity contribution in [1.82, 2.24) is 5.32 Å². The summed E-state index contributed by atoms with van der Waals surface area (Å²) in [6, 6.07) is 1.51. The zero-order chi connectivity index (χ0) is 19.2. The molecule has 2 atom stereocenters. The lowest BCUT2D eigenvalue weighted by atomic mass is 10.1. The lowest BCUT2D eigenvalue weighted by Gasteiger charge is -2.17. The number of benzene rings is 1. The largest absolute Gasteiger partial charge is 0.480 e. The molecule has 0 bridgehead atoms.